The summed E-state index contributed by atoms with van der Waals surface area (Å²) in [6, 6.07) is 5.23. The Kier molecular flexibility index (Phi) is 5.14. The Morgan fingerprint density at radius 3 is 2.62 bits per heavy atom. The Morgan fingerprint density at radius 2 is 2.10 bits per heavy atom. The summed E-state index contributed by atoms with van der Waals surface area (Å²) in [5.41, 5.74) is 2.41. The largest absolute Gasteiger partial charge is 0.486 e. The van der Waals surface area contributed by atoms with E-state index in [0.29, 0.717) is 15.8 Å². The topological polar surface area (TPSA) is 47.3 Å². The van der Waals surface area contributed by atoms with E-state index < -0.39 is 6.10 Å². The molecule has 0 amide bonds. The second-order valence-electron chi connectivity index (χ2n) is 4.84. The van der Waals surface area contributed by atoms with Crippen LogP contribution in [0.5, 0.6) is 5.75 Å². The zero-order valence-corrected chi connectivity index (χ0v) is 13.7. The van der Waals surface area contributed by atoms with E-state index in [0.717, 1.165) is 23.4 Å². The third-order valence-electron chi connectivity index (χ3n) is 3.31. The number of aliphatic hydroxyl groups is 1. The summed E-state index contributed by atoms with van der Waals surface area (Å²) in [5, 5.41) is 15.0. The molecule has 1 atom stereocenters. The second kappa shape index (κ2) is 6.69. The molecule has 2 rings (SSSR count). The number of aliphatic hydroxyl groups excluding tert-OH is 1. The van der Waals surface area contributed by atoms with Gasteiger partial charge in [0, 0.05) is 7.05 Å². The van der Waals surface area contributed by atoms with E-state index >= 15 is 0 Å². The molecule has 21 heavy (non-hydrogen) atoms. The Bertz CT molecular complexity index is 639. The van der Waals surface area contributed by atoms with Gasteiger partial charge in [-0.05, 0) is 31.0 Å². The van der Waals surface area contributed by atoms with Crippen molar-refractivity contribution >= 4 is 23.2 Å². The fraction of sp³-hybridized carbons (Fsp3) is 0.400. The van der Waals surface area contributed by atoms with Gasteiger partial charge in [-0.1, -0.05) is 36.2 Å². The number of nitrogens with zero attached hydrogens (tertiary/aromatic N) is 2. The Morgan fingerprint density at radius 1 is 1.38 bits per heavy atom. The summed E-state index contributed by atoms with van der Waals surface area (Å²) in [6.45, 7) is 3.98. The first-order valence-electron chi connectivity index (χ1n) is 6.74. The molecule has 0 aliphatic heterocycles. The van der Waals surface area contributed by atoms with E-state index in [1.807, 2.05) is 14.0 Å². The van der Waals surface area contributed by atoms with Crippen molar-refractivity contribution in [3.8, 4) is 5.75 Å². The van der Waals surface area contributed by atoms with Gasteiger partial charge >= 0.3 is 0 Å². The molecule has 1 N–H and O–H groups in total. The van der Waals surface area contributed by atoms with Crippen molar-refractivity contribution in [2.45, 2.75) is 33.0 Å². The second-order valence-corrected chi connectivity index (χ2v) is 5.62. The molecule has 0 saturated heterocycles. The first kappa shape index (κ1) is 16.1. The molecule has 0 fully saturated rings. The first-order valence-corrected chi connectivity index (χ1v) is 7.50. The van der Waals surface area contributed by atoms with Gasteiger partial charge in [0.15, 0.2) is 0 Å². The highest BCUT2D eigenvalue weighted by atomic mass is 35.5. The fourth-order valence-corrected chi connectivity index (χ4v) is 2.61. The maximum absolute atomic E-state index is 9.52. The van der Waals surface area contributed by atoms with Crippen LogP contribution >= 0.6 is 23.2 Å². The van der Waals surface area contributed by atoms with Crippen LogP contribution in [0.25, 0.3) is 0 Å². The van der Waals surface area contributed by atoms with Crippen molar-refractivity contribution in [3.63, 3.8) is 0 Å². The van der Waals surface area contributed by atoms with Gasteiger partial charge in [0.1, 0.15) is 12.4 Å². The summed E-state index contributed by atoms with van der Waals surface area (Å²) in [7, 11) is 1.84. The van der Waals surface area contributed by atoms with E-state index in [-0.39, 0.29) is 6.61 Å². The standard InChI is InChI=1S/C15H18Cl2N2O2/c1-4-12-15(17)13(19(3)18-12)8-21-14-6-5-10(9(2)20)7-11(14)16/h5-7,9,20H,4,8H2,1-3H3/t9-/m0/s1. The zero-order valence-electron chi connectivity index (χ0n) is 12.2. The highest BCUT2D eigenvalue weighted by molar-refractivity contribution is 6.32. The average Bonchev–Trinajstić information content (AvgIpc) is 2.72. The minimum Gasteiger partial charge on any atom is -0.486 e. The SMILES string of the molecule is CCc1nn(C)c(COc2ccc([C@H](C)O)cc2Cl)c1Cl. The van der Waals surface area contributed by atoms with Gasteiger partial charge in [-0.25, -0.2) is 0 Å². The Labute approximate surface area is 134 Å². The lowest BCUT2D eigenvalue weighted by Gasteiger charge is -2.11. The molecule has 0 aliphatic rings. The molecule has 0 bridgehead atoms. The van der Waals surface area contributed by atoms with Crippen LogP contribution in [-0.4, -0.2) is 14.9 Å². The third kappa shape index (κ3) is 3.51. The smallest absolute Gasteiger partial charge is 0.138 e. The van der Waals surface area contributed by atoms with Gasteiger partial charge in [0.2, 0.25) is 0 Å². The average molecular weight is 329 g/mol. The zero-order chi connectivity index (χ0) is 15.6. The van der Waals surface area contributed by atoms with Crippen molar-refractivity contribution < 1.29 is 9.84 Å². The summed E-state index contributed by atoms with van der Waals surface area (Å²) in [6.07, 6.45) is 0.214. The van der Waals surface area contributed by atoms with E-state index in [2.05, 4.69) is 5.10 Å². The van der Waals surface area contributed by atoms with Gasteiger partial charge in [0.05, 0.1) is 27.5 Å². The number of rotatable bonds is 5. The van der Waals surface area contributed by atoms with Gasteiger partial charge in [-0.15, -0.1) is 0 Å². The van der Waals surface area contributed by atoms with Crippen molar-refractivity contribution in [2.24, 2.45) is 7.05 Å². The number of halogens is 2. The van der Waals surface area contributed by atoms with E-state index in [4.69, 9.17) is 27.9 Å². The predicted molar refractivity (Wildman–Crippen MR) is 84.0 cm³/mol. The maximum Gasteiger partial charge on any atom is 0.138 e. The van der Waals surface area contributed by atoms with Gasteiger partial charge in [0.25, 0.3) is 0 Å². The molecule has 0 saturated carbocycles. The summed E-state index contributed by atoms with van der Waals surface area (Å²) in [4.78, 5) is 0. The molecule has 0 aliphatic carbocycles. The number of aryl methyl sites for hydroxylation is 2. The van der Waals surface area contributed by atoms with Crippen molar-refractivity contribution in [2.75, 3.05) is 0 Å². The fourth-order valence-electron chi connectivity index (χ4n) is 2.02. The molecule has 6 heteroatoms. The highest BCUT2D eigenvalue weighted by Gasteiger charge is 2.14. The molecule has 4 nitrogen and oxygen atoms in total. The van der Waals surface area contributed by atoms with Crippen molar-refractivity contribution in [3.05, 3.63) is 45.2 Å². The number of hydrogen-bond acceptors (Lipinski definition) is 3. The Balaban J connectivity index is 2.15. The summed E-state index contributed by atoms with van der Waals surface area (Å²) in [5.74, 6) is 0.552. The number of benzene rings is 1. The van der Waals surface area contributed by atoms with Crippen molar-refractivity contribution in [1.82, 2.24) is 9.78 Å². The number of aromatic nitrogens is 2. The van der Waals surface area contributed by atoms with Crippen LogP contribution in [-0.2, 0) is 20.1 Å². The molecular weight excluding hydrogens is 311 g/mol. The molecule has 114 valence electrons. The molecule has 1 heterocycles. The lowest BCUT2D eigenvalue weighted by molar-refractivity contribution is 0.199. The van der Waals surface area contributed by atoms with E-state index in [1.54, 1.807) is 29.8 Å². The minimum atomic E-state index is -0.560. The van der Waals surface area contributed by atoms with Gasteiger partial charge < -0.3 is 9.84 Å². The molecule has 2 aromatic rings. The van der Waals surface area contributed by atoms with E-state index in [9.17, 15) is 5.11 Å². The van der Waals surface area contributed by atoms with Crippen LogP contribution in [0.2, 0.25) is 10.0 Å². The number of hydrogen-bond donors (Lipinski definition) is 1. The first-order chi connectivity index (χ1) is 9.93. The van der Waals surface area contributed by atoms with Crippen LogP contribution in [0.1, 0.15) is 36.9 Å². The Hall–Kier alpha value is -1.23. The molecule has 1 aromatic carbocycles. The van der Waals surface area contributed by atoms with E-state index in [1.165, 1.54) is 0 Å². The molecule has 0 spiro atoms. The van der Waals surface area contributed by atoms with Crippen LogP contribution in [0.3, 0.4) is 0 Å². The van der Waals surface area contributed by atoms with Gasteiger partial charge in [-0.2, -0.15) is 5.10 Å². The maximum atomic E-state index is 9.52. The van der Waals surface area contributed by atoms with Crippen molar-refractivity contribution in [1.29, 1.82) is 0 Å². The molecule has 0 radical (unpaired) electrons. The number of ether oxygens (including phenoxy) is 1. The third-order valence-corrected chi connectivity index (χ3v) is 4.04. The summed E-state index contributed by atoms with van der Waals surface area (Å²) < 4.78 is 7.44. The van der Waals surface area contributed by atoms with Gasteiger partial charge in [-0.3, -0.25) is 4.68 Å². The minimum absolute atomic E-state index is 0.288. The predicted octanol–water partition coefficient (Wildman–Crippen LogP) is 3.92. The van der Waals surface area contributed by atoms with Crippen LogP contribution in [0.15, 0.2) is 18.2 Å². The molecular formula is C15H18Cl2N2O2. The monoisotopic (exact) mass is 328 g/mol. The lowest BCUT2D eigenvalue weighted by Crippen LogP contribution is -2.04. The molecule has 0 unspecified atom stereocenters. The van der Waals surface area contributed by atoms with Crippen LogP contribution in [0, 0.1) is 0 Å². The van der Waals surface area contributed by atoms with Crippen LogP contribution in [0.4, 0.5) is 0 Å². The quantitative estimate of drug-likeness (QED) is 0.904. The molecule has 1 aromatic heterocycles. The summed E-state index contributed by atoms with van der Waals surface area (Å²) >= 11 is 12.4. The van der Waals surface area contributed by atoms with Crippen LogP contribution < -0.4 is 4.74 Å². The lowest BCUT2D eigenvalue weighted by atomic mass is 10.1. The normalized spacial score (nSPS) is 12.5. The highest BCUT2D eigenvalue weighted by Crippen LogP contribution is 2.29.